The fourth-order valence-electron chi connectivity index (χ4n) is 2.61. The number of benzene rings is 2. The molecule has 0 fully saturated rings. The predicted molar refractivity (Wildman–Crippen MR) is 85.3 cm³/mol. The molecule has 2 N–H and O–H groups in total. The Morgan fingerprint density at radius 1 is 1.16 bits per heavy atom. The van der Waals surface area contributed by atoms with E-state index < -0.39 is 38.7 Å². The van der Waals surface area contributed by atoms with Gasteiger partial charge in [0.2, 0.25) is 5.91 Å². The highest BCUT2D eigenvalue weighted by atomic mass is 32.2. The second-order valence-corrected chi connectivity index (χ2v) is 7.20. The van der Waals surface area contributed by atoms with Crippen LogP contribution in [0.1, 0.15) is 18.1 Å². The van der Waals surface area contributed by atoms with Crippen molar-refractivity contribution in [1.82, 2.24) is 0 Å². The maximum atomic E-state index is 14.0. The summed E-state index contributed by atoms with van der Waals surface area (Å²) in [4.78, 5) is 11.1. The highest BCUT2D eigenvalue weighted by molar-refractivity contribution is 7.92. The van der Waals surface area contributed by atoms with E-state index in [1.165, 1.54) is 25.1 Å². The van der Waals surface area contributed by atoms with Crippen LogP contribution in [0.25, 0.3) is 0 Å². The van der Waals surface area contributed by atoms with Crippen molar-refractivity contribution < 1.29 is 26.4 Å². The summed E-state index contributed by atoms with van der Waals surface area (Å²) in [7, 11) is -4.29. The minimum absolute atomic E-state index is 0.0154. The Hall–Kier alpha value is -2.55. The standard InChI is InChI=1S/C16H13F3N2O3S/c1-2-10-11(17)7-13(16(19)15(10)18)21-25(23,24)9-3-4-12-8(5-9)6-14(22)20-12/h3-5,7,21H,2,6H2,1H3,(H,20,22). The molecule has 1 aliphatic heterocycles. The van der Waals surface area contributed by atoms with Gasteiger partial charge in [-0.25, -0.2) is 21.6 Å². The lowest BCUT2D eigenvalue weighted by Gasteiger charge is -2.12. The first-order valence-electron chi connectivity index (χ1n) is 7.35. The van der Waals surface area contributed by atoms with E-state index in [0.717, 1.165) is 0 Å². The summed E-state index contributed by atoms with van der Waals surface area (Å²) in [5.41, 5.74) is -0.323. The van der Waals surface area contributed by atoms with Crippen LogP contribution in [0.4, 0.5) is 24.5 Å². The number of carbonyl (C=O) groups excluding carboxylic acids is 1. The van der Waals surface area contributed by atoms with E-state index in [1.54, 1.807) is 0 Å². The number of rotatable bonds is 4. The first-order valence-corrected chi connectivity index (χ1v) is 8.83. The summed E-state index contributed by atoms with van der Waals surface area (Å²) in [6.45, 7) is 1.45. The Labute approximate surface area is 141 Å². The topological polar surface area (TPSA) is 75.3 Å². The van der Waals surface area contributed by atoms with E-state index in [1.807, 2.05) is 4.72 Å². The molecule has 2 aromatic rings. The molecular formula is C16H13F3N2O3S. The van der Waals surface area contributed by atoms with Gasteiger partial charge in [-0.3, -0.25) is 9.52 Å². The molecule has 0 atom stereocenters. The van der Waals surface area contributed by atoms with Gasteiger partial charge in [0.1, 0.15) is 5.82 Å². The summed E-state index contributed by atoms with van der Waals surface area (Å²) in [5, 5.41) is 2.55. The maximum absolute atomic E-state index is 14.0. The lowest BCUT2D eigenvalue weighted by molar-refractivity contribution is -0.115. The van der Waals surface area contributed by atoms with E-state index in [0.29, 0.717) is 17.3 Å². The minimum atomic E-state index is -4.29. The van der Waals surface area contributed by atoms with Crippen LogP contribution in [-0.2, 0) is 27.7 Å². The third-order valence-electron chi connectivity index (χ3n) is 3.86. The van der Waals surface area contributed by atoms with Gasteiger partial charge in [0.05, 0.1) is 17.0 Å². The Morgan fingerprint density at radius 3 is 2.56 bits per heavy atom. The molecule has 0 radical (unpaired) electrons. The van der Waals surface area contributed by atoms with Crippen molar-refractivity contribution in [3.8, 4) is 0 Å². The lowest BCUT2D eigenvalue weighted by atomic mass is 10.1. The number of amides is 1. The van der Waals surface area contributed by atoms with Crippen molar-refractivity contribution in [1.29, 1.82) is 0 Å². The van der Waals surface area contributed by atoms with Crippen LogP contribution in [0.3, 0.4) is 0 Å². The largest absolute Gasteiger partial charge is 0.326 e. The van der Waals surface area contributed by atoms with Gasteiger partial charge < -0.3 is 5.32 Å². The first-order chi connectivity index (χ1) is 11.7. The second-order valence-electron chi connectivity index (χ2n) is 5.52. The van der Waals surface area contributed by atoms with Crippen LogP contribution in [0.5, 0.6) is 0 Å². The molecule has 0 aliphatic carbocycles. The van der Waals surface area contributed by atoms with Crippen molar-refractivity contribution in [2.24, 2.45) is 0 Å². The molecule has 0 aromatic heterocycles. The van der Waals surface area contributed by atoms with E-state index >= 15 is 0 Å². The van der Waals surface area contributed by atoms with Gasteiger partial charge in [0.25, 0.3) is 10.0 Å². The zero-order valence-corrected chi connectivity index (χ0v) is 13.8. The number of hydrogen-bond acceptors (Lipinski definition) is 3. The average Bonchev–Trinajstić information content (AvgIpc) is 2.91. The molecule has 9 heteroatoms. The monoisotopic (exact) mass is 370 g/mol. The number of anilines is 2. The van der Waals surface area contributed by atoms with E-state index in [9.17, 15) is 26.4 Å². The van der Waals surface area contributed by atoms with Crippen LogP contribution in [-0.4, -0.2) is 14.3 Å². The molecule has 0 saturated carbocycles. The molecule has 0 spiro atoms. The first kappa shape index (κ1) is 17.3. The number of halogens is 3. The molecule has 0 bridgehead atoms. The fraction of sp³-hybridized carbons (Fsp3) is 0.188. The van der Waals surface area contributed by atoms with Crippen molar-refractivity contribution >= 4 is 27.3 Å². The highest BCUT2D eigenvalue weighted by Crippen LogP contribution is 2.29. The van der Waals surface area contributed by atoms with Crippen LogP contribution >= 0.6 is 0 Å². The van der Waals surface area contributed by atoms with Gasteiger partial charge in [-0.1, -0.05) is 6.92 Å². The third kappa shape index (κ3) is 3.07. The molecule has 5 nitrogen and oxygen atoms in total. The SMILES string of the molecule is CCc1c(F)cc(NS(=O)(=O)c2ccc3c(c2)CC(=O)N3)c(F)c1F. The van der Waals surface area contributed by atoms with E-state index in [-0.39, 0.29) is 23.6 Å². The van der Waals surface area contributed by atoms with Crippen molar-refractivity contribution in [2.75, 3.05) is 10.0 Å². The van der Waals surface area contributed by atoms with Crippen LogP contribution in [0, 0.1) is 17.5 Å². The Morgan fingerprint density at radius 2 is 1.88 bits per heavy atom. The molecule has 2 aromatic carbocycles. The van der Waals surface area contributed by atoms with Gasteiger partial charge in [-0.15, -0.1) is 0 Å². The number of nitrogens with one attached hydrogen (secondary N) is 2. The highest BCUT2D eigenvalue weighted by Gasteiger charge is 2.25. The number of carbonyl (C=O) groups is 1. The Kier molecular flexibility index (Phi) is 4.19. The second kappa shape index (κ2) is 6.07. The number of fused-ring (bicyclic) bond motifs is 1. The van der Waals surface area contributed by atoms with Gasteiger partial charge >= 0.3 is 0 Å². The Bertz CT molecular complexity index is 991. The molecule has 25 heavy (non-hydrogen) atoms. The smallest absolute Gasteiger partial charge is 0.262 e. The third-order valence-corrected chi connectivity index (χ3v) is 5.23. The maximum Gasteiger partial charge on any atom is 0.262 e. The normalized spacial score (nSPS) is 13.5. The lowest BCUT2D eigenvalue weighted by Crippen LogP contribution is -2.15. The molecule has 132 valence electrons. The summed E-state index contributed by atoms with van der Waals surface area (Å²) < 4.78 is 68.3. The molecule has 0 unspecified atom stereocenters. The number of sulfonamides is 1. The van der Waals surface area contributed by atoms with E-state index in [4.69, 9.17) is 0 Å². The fourth-order valence-corrected chi connectivity index (χ4v) is 3.71. The van der Waals surface area contributed by atoms with Gasteiger partial charge in [-0.2, -0.15) is 0 Å². The molecule has 0 saturated heterocycles. The van der Waals surface area contributed by atoms with Gasteiger partial charge in [-0.05, 0) is 30.2 Å². The summed E-state index contributed by atoms with van der Waals surface area (Å²) in [5.74, 6) is -4.21. The zero-order chi connectivity index (χ0) is 18.4. The Balaban J connectivity index is 1.98. The predicted octanol–water partition coefficient (Wildman–Crippen LogP) is 2.96. The van der Waals surface area contributed by atoms with Crippen LogP contribution in [0.15, 0.2) is 29.2 Å². The molecule has 3 rings (SSSR count). The summed E-state index contributed by atoms with van der Waals surface area (Å²) in [6, 6.07) is 4.46. The van der Waals surface area contributed by atoms with Crippen molar-refractivity contribution in [3.63, 3.8) is 0 Å². The number of hydrogen-bond donors (Lipinski definition) is 2. The van der Waals surface area contributed by atoms with E-state index in [2.05, 4.69) is 5.32 Å². The minimum Gasteiger partial charge on any atom is -0.326 e. The van der Waals surface area contributed by atoms with Gasteiger partial charge in [0, 0.05) is 17.3 Å². The molecule has 1 heterocycles. The van der Waals surface area contributed by atoms with Crippen molar-refractivity contribution in [2.45, 2.75) is 24.7 Å². The quantitative estimate of drug-likeness (QED) is 0.813. The zero-order valence-electron chi connectivity index (χ0n) is 13.0. The summed E-state index contributed by atoms with van der Waals surface area (Å²) in [6.07, 6.45) is -0.0605. The molecule has 1 amide bonds. The molecular weight excluding hydrogens is 357 g/mol. The molecule has 1 aliphatic rings. The van der Waals surface area contributed by atoms with Crippen LogP contribution in [0.2, 0.25) is 0 Å². The van der Waals surface area contributed by atoms with Crippen LogP contribution < -0.4 is 10.0 Å². The summed E-state index contributed by atoms with van der Waals surface area (Å²) >= 11 is 0. The van der Waals surface area contributed by atoms with Crippen molar-refractivity contribution in [3.05, 3.63) is 52.8 Å². The average molecular weight is 370 g/mol. The van der Waals surface area contributed by atoms with Gasteiger partial charge in [0.15, 0.2) is 11.6 Å².